The number of fused-ring (bicyclic) bond motifs is 2. The Morgan fingerprint density at radius 1 is 0.938 bits per heavy atom. The number of carbonyl (C=O) groups excluding carboxylic acids is 2. The third-order valence-electron chi connectivity index (χ3n) is 6.10. The number of carbonyl (C=O) groups is 2. The number of nitrogens with one attached hydrogen (secondary N) is 2. The molecule has 0 saturated heterocycles. The predicted molar refractivity (Wildman–Crippen MR) is 128 cm³/mol. The zero-order valence-electron chi connectivity index (χ0n) is 18.5. The van der Waals surface area contributed by atoms with Crippen LogP contribution in [0.3, 0.4) is 0 Å². The molecule has 0 unspecified atom stereocenters. The van der Waals surface area contributed by atoms with Crippen molar-refractivity contribution in [3.8, 4) is 0 Å². The maximum Gasteiger partial charge on any atom is 0.259 e. The van der Waals surface area contributed by atoms with Gasteiger partial charge in [0.05, 0.1) is 11.1 Å². The van der Waals surface area contributed by atoms with E-state index in [1.807, 2.05) is 36.7 Å². The van der Waals surface area contributed by atoms with Gasteiger partial charge in [-0.25, -0.2) is 0 Å². The van der Waals surface area contributed by atoms with Gasteiger partial charge >= 0.3 is 0 Å². The highest BCUT2D eigenvalue weighted by Crippen LogP contribution is 2.38. The molecule has 0 radical (unpaired) electrons. The second-order valence-electron chi connectivity index (χ2n) is 8.69. The molecule has 0 aliphatic carbocycles. The first-order valence-corrected chi connectivity index (χ1v) is 10.8. The lowest BCUT2D eigenvalue weighted by Crippen LogP contribution is -2.22. The fraction of sp³-hybridized carbons (Fsp3) is 0.231. The normalized spacial score (nSPS) is 14.4. The molecule has 0 atom stereocenters. The monoisotopic (exact) mass is 426 g/mol. The van der Waals surface area contributed by atoms with Crippen molar-refractivity contribution in [2.75, 3.05) is 20.6 Å². The van der Waals surface area contributed by atoms with Gasteiger partial charge in [0.15, 0.2) is 0 Å². The molecule has 0 bridgehead atoms. The van der Waals surface area contributed by atoms with Gasteiger partial charge in [0.25, 0.3) is 11.8 Å². The molecule has 0 spiro atoms. The lowest BCUT2D eigenvalue weighted by Gasteiger charge is -2.10. The van der Waals surface area contributed by atoms with E-state index in [0.29, 0.717) is 11.1 Å². The number of aromatic amines is 1. The van der Waals surface area contributed by atoms with Gasteiger partial charge in [0.1, 0.15) is 0 Å². The minimum atomic E-state index is -0.352. The molecule has 4 aromatic rings. The molecule has 2 N–H and O–H groups in total. The minimum Gasteiger partial charge on any atom is -0.361 e. The van der Waals surface area contributed by atoms with Gasteiger partial charge in [-0.05, 0) is 51.7 Å². The van der Waals surface area contributed by atoms with Crippen LogP contribution < -0.4 is 5.32 Å². The first-order chi connectivity index (χ1) is 15.4. The quantitative estimate of drug-likeness (QED) is 0.459. The van der Waals surface area contributed by atoms with Gasteiger partial charge in [-0.2, -0.15) is 0 Å². The zero-order valence-corrected chi connectivity index (χ0v) is 18.5. The summed E-state index contributed by atoms with van der Waals surface area (Å²) in [6.07, 6.45) is 4.84. The molecule has 1 aliphatic rings. The summed E-state index contributed by atoms with van der Waals surface area (Å²) in [5, 5.41) is 4.44. The number of nitrogens with zero attached hydrogens (tertiary/aromatic N) is 2. The number of aromatic nitrogens is 2. The van der Waals surface area contributed by atoms with Gasteiger partial charge in [-0.15, -0.1) is 0 Å². The Bertz CT molecular complexity index is 1400. The van der Waals surface area contributed by atoms with Crippen molar-refractivity contribution >= 4 is 44.8 Å². The van der Waals surface area contributed by atoms with Crippen molar-refractivity contribution in [3.63, 3.8) is 0 Å². The van der Waals surface area contributed by atoms with Gasteiger partial charge in [-0.3, -0.25) is 14.9 Å². The van der Waals surface area contributed by atoms with Crippen molar-refractivity contribution in [3.05, 3.63) is 71.5 Å². The maximum atomic E-state index is 13.0. The Labute approximate surface area is 186 Å². The molecule has 0 saturated carbocycles. The van der Waals surface area contributed by atoms with E-state index in [1.54, 1.807) is 0 Å². The van der Waals surface area contributed by atoms with Crippen molar-refractivity contribution in [2.24, 2.45) is 0 Å². The van der Waals surface area contributed by atoms with E-state index >= 15 is 0 Å². The lowest BCUT2D eigenvalue weighted by molar-refractivity contribution is -0.122. The number of aryl methyl sites for hydroxylation is 2. The third-order valence-corrected chi connectivity index (χ3v) is 6.10. The van der Waals surface area contributed by atoms with Gasteiger partial charge < -0.3 is 14.5 Å². The second-order valence-corrected chi connectivity index (χ2v) is 8.69. The first kappa shape index (κ1) is 20.3. The molecular formula is C26H26N4O2. The number of hydrogen-bond acceptors (Lipinski definition) is 3. The van der Waals surface area contributed by atoms with Crippen LogP contribution in [-0.4, -0.2) is 46.9 Å². The Hall–Kier alpha value is -3.64. The molecule has 2 aromatic carbocycles. The minimum absolute atomic E-state index is 0.344. The van der Waals surface area contributed by atoms with Crippen LogP contribution in [0, 0.1) is 6.92 Å². The lowest BCUT2D eigenvalue weighted by atomic mass is 9.95. The molecule has 2 amide bonds. The van der Waals surface area contributed by atoms with Crippen molar-refractivity contribution in [1.29, 1.82) is 0 Å². The van der Waals surface area contributed by atoms with E-state index in [1.165, 1.54) is 0 Å². The second kappa shape index (κ2) is 7.80. The van der Waals surface area contributed by atoms with Crippen LogP contribution in [-0.2, 0) is 16.1 Å². The Kier molecular flexibility index (Phi) is 4.94. The molecule has 0 fully saturated rings. The van der Waals surface area contributed by atoms with E-state index in [0.717, 1.165) is 58.0 Å². The van der Waals surface area contributed by atoms with E-state index in [9.17, 15) is 9.59 Å². The molecule has 5 rings (SSSR count). The highest BCUT2D eigenvalue weighted by Gasteiger charge is 2.35. The summed E-state index contributed by atoms with van der Waals surface area (Å²) in [4.78, 5) is 31.4. The van der Waals surface area contributed by atoms with Crippen LogP contribution in [0.25, 0.3) is 33.0 Å². The van der Waals surface area contributed by atoms with Gasteiger partial charge in [0, 0.05) is 51.9 Å². The van der Waals surface area contributed by atoms with E-state index in [-0.39, 0.29) is 11.8 Å². The van der Waals surface area contributed by atoms with Crippen LogP contribution in [0.2, 0.25) is 0 Å². The number of benzene rings is 2. The summed E-state index contributed by atoms with van der Waals surface area (Å²) in [7, 11) is 4.13. The smallest absolute Gasteiger partial charge is 0.259 e. The highest BCUT2D eigenvalue weighted by molar-refractivity contribution is 6.50. The number of H-pyrrole nitrogens is 1. The van der Waals surface area contributed by atoms with E-state index in [4.69, 9.17) is 0 Å². The van der Waals surface area contributed by atoms with Crippen molar-refractivity contribution in [1.82, 2.24) is 19.8 Å². The summed E-state index contributed by atoms with van der Waals surface area (Å²) in [5.41, 5.74) is 5.60. The standard InChI is InChI=1S/C26H26N4O2/c1-16-9-10-18-20(15-30(22(18)13-16)12-6-11-29(2)3)24-23(25(31)28-26(24)32)19-14-27-21-8-5-4-7-17(19)21/h4-5,7-10,13-15,27H,6,11-12H2,1-3H3,(H,28,31,32). The molecule has 6 nitrogen and oxygen atoms in total. The summed E-state index contributed by atoms with van der Waals surface area (Å²) >= 11 is 0. The number of amides is 2. The first-order valence-electron chi connectivity index (χ1n) is 10.8. The SMILES string of the molecule is Cc1ccc2c(C3=C(c4c[nH]c5ccccc45)C(=O)NC3=O)cn(CCCN(C)C)c2c1. The predicted octanol–water partition coefficient (Wildman–Crippen LogP) is 3.95. The van der Waals surface area contributed by atoms with Crippen LogP contribution in [0.15, 0.2) is 54.9 Å². The van der Waals surface area contributed by atoms with E-state index < -0.39 is 0 Å². The average molecular weight is 427 g/mol. The maximum absolute atomic E-state index is 13.0. The van der Waals surface area contributed by atoms with Crippen LogP contribution in [0.5, 0.6) is 0 Å². The topological polar surface area (TPSA) is 70.1 Å². The summed E-state index contributed by atoms with van der Waals surface area (Å²) in [5.74, 6) is -0.696. The van der Waals surface area contributed by atoms with Crippen LogP contribution in [0.4, 0.5) is 0 Å². The third kappa shape index (κ3) is 3.33. The molecule has 162 valence electrons. The Morgan fingerprint density at radius 3 is 2.47 bits per heavy atom. The number of para-hydroxylation sites is 1. The number of imide groups is 1. The molecule has 6 heteroatoms. The van der Waals surface area contributed by atoms with Gasteiger partial charge in [0.2, 0.25) is 0 Å². The van der Waals surface area contributed by atoms with Crippen molar-refractivity contribution < 1.29 is 9.59 Å². The van der Waals surface area contributed by atoms with Gasteiger partial charge in [-0.1, -0.05) is 30.3 Å². The van der Waals surface area contributed by atoms with E-state index in [2.05, 4.69) is 59.0 Å². The number of hydrogen-bond donors (Lipinski definition) is 2. The fourth-order valence-electron chi connectivity index (χ4n) is 4.59. The summed E-state index contributed by atoms with van der Waals surface area (Å²) in [6.45, 7) is 3.88. The Morgan fingerprint density at radius 2 is 1.69 bits per heavy atom. The highest BCUT2D eigenvalue weighted by atomic mass is 16.2. The molecular weight excluding hydrogens is 400 g/mol. The molecule has 2 aromatic heterocycles. The molecule has 1 aliphatic heterocycles. The number of rotatable bonds is 6. The summed E-state index contributed by atoms with van der Waals surface area (Å²) in [6, 6.07) is 14.1. The van der Waals surface area contributed by atoms with Crippen LogP contribution >= 0.6 is 0 Å². The average Bonchev–Trinajstić information content (AvgIpc) is 3.41. The van der Waals surface area contributed by atoms with Crippen molar-refractivity contribution in [2.45, 2.75) is 19.9 Å². The molecule has 32 heavy (non-hydrogen) atoms. The molecule has 3 heterocycles. The zero-order chi connectivity index (χ0) is 22.4. The van der Waals surface area contributed by atoms with Crippen LogP contribution in [0.1, 0.15) is 23.1 Å². The summed E-state index contributed by atoms with van der Waals surface area (Å²) < 4.78 is 2.21. The fourth-order valence-corrected chi connectivity index (χ4v) is 4.59. The Balaban J connectivity index is 1.72. The largest absolute Gasteiger partial charge is 0.361 e.